The minimum absolute atomic E-state index is 0.172. The second-order valence-corrected chi connectivity index (χ2v) is 5.19. The lowest BCUT2D eigenvalue weighted by Crippen LogP contribution is -2.11. The molecule has 104 valence electrons. The maximum absolute atomic E-state index is 11.1. The number of ether oxygens (including phenoxy) is 1. The average Bonchev–Trinajstić information content (AvgIpc) is 2.35. The van der Waals surface area contributed by atoms with Gasteiger partial charge in [-0.1, -0.05) is 13.0 Å². The third-order valence-corrected chi connectivity index (χ3v) is 3.40. The van der Waals surface area contributed by atoms with E-state index in [9.17, 15) is 14.9 Å². The number of benzene rings is 1. The van der Waals surface area contributed by atoms with Crippen LogP contribution in [-0.2, 0) is 4.79 Å². The molecule has 0 aromatic heterocycles. The number of rotatable bonds is 7. The standard InChI is InChI=1S/C12H15NO5S/c1-3-7-18-9-5-4-6-10(11(9)13(16)17)19-8(2)12(14)15/h4-6,8H,3,7H2,1-2H3,(H,14,15). The van der Waals surface area contributed by atoms with Crippen LogP contribution >= 0.6 is 11.8 Å². The van der Waals surface area contributed by atoms with Crippen LogP contribution in [-0.4, -0.2) is 27.9 Å². The van der Waals surface area contributed by atoms with Crippen molar-refractivity contribution in [1.82, 2.24) is 0 Å². The van der Waals surface area contributed by atoms with E-state index >= 15 is 0 Å². The summed E-state index contributed by atoms with van der Waals surface area (Å²) in [4.78, 5) is 21.7. The van der Waals surface area contributed by atoms with Gasteiger partial charge in [0.1, 0.15) is 5.25 Å². The van der Waals surface area contributed by atoms with Gasteiger partial charge in [-0.2, -0.15) is 0 Å². The minimum Gasteiger partial charge on any atom is -0.487 e. The summed E-state index contributed by atoms with van der Waals surface area (Å²) in [5.74, 6) is -0.839. The molecular formula is C12H15NO5S. The van der Waals surface area contributed by atoms with Crippen LogP contribution < -0.4 is 4.74 Å². The Labute approximate surface area is 114 Å². The van der Waals surface area contributed by atoms with Crippen molar-refractivity contribution in [3.05, 3.63) is 28.3 Å². The van der Waals surface area contributed by atoms with Gasteiger partial charge in [-0.3, -0.25) is 14.9 Å². The summed E-state index contributed by atoms with van der Waals surface area (Å²) in [6.45, 7) is 3.76. The van der Waals surface area contributed by atoms with Gasteiger partial charge in [0, 0.05) is 0 Å². The molecule has 19 heavy (non-hydrogen) atoms. The molecule has 1 rings (SSSR count). The van der Waals surface area contributed by atoms with E-state index in [4.69, 9.17) is 9.84 Å². The molecule has 0 saturated heterocycles. The summed E-state index contributed by atoms with van der Waals surface area (Å²) in [5.41, 5.74) is -0.172. The number of aliphatic carboxylic acids is 1. The van der Waals surface area contributed by atoms with Crippen LogP contribution in [0.3, 0.4) is 0 Å². The van der Waals surface area contributed by atoms with Gasteiger partial charge in [0.2, 0.25) is 0 Å². The van der Waals surface area contributed by atoms with Crippen LogP contribution in [0.2, 0.25) is 0 Å². The van der Waals surface area contributed by atoms with E-state index in [0.717, 1.165) is 18.2 Å². The van der Waals surface area contributed by atoms with Crippen molar-refractivity contribution in [2.75, 3.05) is 6.61 Å². The van der Waals surface area contributed by atoms with Crippen LogP contribution in [0.15, 0.2) is 23.1 Å². The van der Waals surface area contributed by atoms with E-state index in [-0.39, 0.29) is 11.4 Å². The molecule has 0 aliphatic rings. The Balaban J connectivity index is 3.09. The van der Waals surface area contributed by atoms with Crippen LogP contribution in [0.5, 0.6) is 5.75 Å². The SMILES string of the molecule is CCCOc1cccc(SC(C)C(=O)O)c1[N+](=O)[O-]. The topological polar surface area (TPSA) is 89.7 Å². The highest BCUT2D eigenvalue weighted by Gasteiger charge is 2.24. The lowest BCUT2D eigenvalue weighted by atomic mass is 10.3. The molecule has 1 aromatic rings. The zero-order valence-electron chi connectivity index (χ0n) is 10.7. The smallest absolute Gasteiger partial charge is 0.324 e. The summed E-state index contributed by atoms with van der Waals surface area (Å²) in [7, 11) is 0. The second-order valence-electron chi connectivity index (χ2n) is 3.81. The van der Waals surface area contributed by atoms with Gasteiger partial charge in [-0.25, -0.2) is 0 Å². The second kappa shape index (κ2) is 6.98. The fraction of sp³-hybridized carbons (Fsp3) is 0.417. The summed E-state index contributed by atoms with van der Waals surface area (Å²) in [6.07, 6.45) is 0.736. The van der Waals surface area contributed by atoms with Crippen molar-refractivity contribution in [1.29, 1.82) is 0 Å². The van der Waals surface area contributed by atoms with Crippen LogP contribution in [0.25, 0.3) is 0 Å². The Kier molecular flexibility index (Phi) is 5.62. The molecule has 1 aromatic carbocycles. The number of carboxylic acids is 1. The molecule has 0 aliphatic heterocycles. The molecule has 0 amide bonds. The van der Waals surface area contributed by atoms with E-state index in [0.29, 0.717) is 11.5 Å². The number of hydrogen-bond donors (Lipinski definition) is 1. The van der Waals surface area contributed by atoms with Gasteiger partial charge in [0.15, 0.2) is 5.75 Å². The predicted molar refractivity (Wildman–Crippen MR) is 71.8 cm³/mol. The number of thioether (sulfide) groups is 1. The Bertz CT molecular complexity index is 477. The van der Waals surface area contributed by atoms with E-state index in [1.165, 1.54) is 19.1 Å². The normalized spacial score (nSPS) is 11.9. The molecule has 0 spiro atoms. The van der Waals surface area contributed by atoms with Gasteiger partial charge < -0.3 is 9.84 Å². The van der Waals surface area contributed by atoms with Gasteiger partial charge in [0.25, 0.3) is 0 Å². The maximum atomic E-state index is 11.1. The molecule has 7 heteroatoms. The molecule has 0 fully saturated rings. The Morgan fingerprint density at radius 1 is 1.58 bits per heavy atom. The highest BCUT2D eigenvalue weighted by molar-refractivity contribution is 8.00. The fourth-order valence-corrected chi connectivity index (χ4v) is 2.27. The monoisotopic (exact) mass is 285 g/mol. The number of carbonyl (C=O) groups is 1. The number of nitro benzene ring substituents is 1. The molecule has 0 saturated carbocycles. The maximum Gasteiger partial charge on any atom is 0.324 e. The number of nitro groups is 1. The molecule has 1 atom stereocenters. The van der Waals surface area contributed by atoms with Crippen molar-refractivity contribution in [2.24, 2.45) is 0 Å². The molecular weight excluding hydrogens is 270 g/mol. The Hall–Kier alpha value is -1.76. The third kappa shape index (κ3) is 4.13. The first-order valence-electron chi connectivity index (χ1n) is 5.77. The summed E-state index contributed by atoms with van der Waals surface area (Å²) in [5, 5.41) is 19.2. The first-order chi connectivity index (χ1) is 8.97. The molecule has 1 unspecified atom stereocenters. The first-order valence-corrected chi connectivity index (χ1v) is 6.65. The van der Waals surface area contributed by atoms with Crippen molar-refractivity contribution < 1.29 is 19.6 Å². The predicted octanol–water partition coefficient (Wildman–Crippen LogP) is 2.95. The zero-order valence-corrected chi connectivity index (χ0v) is 11.5. The largest absolute Gasteiger partial charge is 0.487 e. The molecule has 0 radical (unpaired) electrons. The van der Waals surface area contributed by atoms with Crippen LogP contribution in [0.1, 0.15) is 20.3 Å². The van der Waals surface area contributed by atoms with Crippen molar-refractivity contribution in [2.45, 2.75) is 30.4 Å². The fourth-order valence-electron chi connectivity index (χ4n) is 1.35. The summed E-state index contributed by atoms with van der Waals surface area (Å²) in [6, 6.07) is 4.67. The number of para-hydroxylation sites is 1. The Morgan fingerprint density at radius 2 is 2.26 bits per heavy atom. The number of hydrogen-bond acceptors (Lipinski definition) is 5. The van der Waals surface area contributed by atoms with E-state index in [2.05, 4.69) is 0 Å². The average molecular weight is 285 g/mol. The summed E-state index contributed by atoms with van der Waals surface area (Å²) >= 11 is 0.933. The Morgan fingerprint density at radius 3 is 2.79 bits per heavy atom. The van der Waals surface area contributed by atoms with Crippen LogP contribution in [0, 0.1) is 10.1 Å². The minimum atomic E-state index is -1.01. The lowest BCUT2D eigenvalue weighted by molar-refractivity contribution is -0.388. The quantitative estimate of drug-likeness (QED) is 0.470. The first kappa shape index (κ1) is 15.3. The molecule has 1 N–H and O–H groups in total. The molecule has 0 aliphatic carbocycles. The van der Waals surface area contributed by atoms with Crippen LogP contribution in [0.4, 0.5) is 5.69 Å². The van der Waals surface area contributed by atoms with E-state index in [1.807, 2.05) is 6.92 Å². The van der Waals surface area contributed by atoms with Crippen molar-refractivity contribution in [3.8, 4) is 5.75 Å². The van der Waals surface area contributed by atoms with Gasteiger partial charge in [-0.05, 0) is 25.5 Å². The summed E-state index contributed by atoms with van der Waals surface area (Å²) < 4.78 is 5.33. The number of nitrogens with zero attached hydrogens (tertiary/aromatic N) is 1. The van der Waals surface area contributed by atoms with Gasteiger partial charge in [-0.15, -0.1) is 11.8 Å². The third-order valence-electron chi connectivity index (χ3n) is 2.26. The van der Waals surface area contributed by atoms with Crippen molar-refractivity contribution in [3.63, 3.8) is 0 Å². The van der Waals surface area contributed by atoms with Gasteiger partial charge >= 0.3 is 11.7 Å². The zero-order chi connectivity index (χ0) is 14.4. The molecule has 6 nitrogen and oxygen atoms in total. The molecule has 0 bridgehead atoms. The van der Waals surface area contributed by atoms with E-state index < -0.39 is 16.1 Å². The van der Waals surface area contributed by atoms with Gasteiger partial charge in [0.05, 0.1) is 16.4 Å². The molecule has 0 heterocycles. The number of carboxylic acid groups (broad SMARTS) is 1. The van der Waals surface area contributed by atoms with E-state index in [1.54, 1.807) is 6.07 Å². The highest BCUT2D eigenvalue weighted by Crippen LogP contribution is 2.38. The highest BCUT2D eigenvalue weighted by atomic mass is 32.2. The van der Waals surface area contributed by atoms with Crippen molar-refractivity contribution >= 4 is 23.4 Å². The lowest BCUT2D eigenvalue weighted by Gasteiger charge is -2.10.